The second-order valence-electron chi connectivity index (χ2n) is 3.94. The average Bonchev–Trinajstić information content (AvgIpc) is 2.30. The molecule has 0 aliphatic carbocycles. The van der Waals surface area contributed by atoms with E-state index in [1.54, 1.807) is 6.26 Å². The zero-order chi connectivity index (χ0) is 11.4. The summed E-state index contributed by atoms with van der Waals surface area (Å²) in [5.74, 6) is -0.0320. The number of carbonyl (C=O) groups excluding carboxylic acids is 1. The van der Waals surface area contributed by atoms with E-state index in [1.165, 1.54) is 6.92 Å². The van der Waals surface area contributed by atoms with Gasteiger partial charge in [-0.1, -0.05) is 30.3 Å². The number of rotatable bonds is 2. The molecule has 0 spiro atoms. The predicted molar refractivity (Wildman–Crippen MR) is 61.6 cm³/mol. The van der Waals surface area contributed by atoms with Gasteiger partial charge in [0.05, 0.1) is 18.4 Å². The van der Waals surface area contributed by atoms with E-state index in [9.17, 15) is 4.79 Å². The van der Waals surface area contributed by atoms with Gasteiger partial charge in [0.25, 0.3) is 0 Å². The molecule has 16 heavy (non-hydrogen) atoms. The maximum absolute atomic E-state index is 11.3. The van der Waals surface area contributed by atoms with Gasteiger partial charge < -0.3 is 10.1 Å². The Labute approximate surface area is 95.1 Å². The highest BCUT2D eigenvalue weighted by Gasteiger charge is 2.32. The summed E-state index contributed by atoms with van der Waals surface area (Å²) in [4.78, 5) is 11.3. The summed E-state index contributed by atoms with van der Waals surface area (Å²) in [6.45, 7) is 2.15. The fourth-order valence-corrected chi connectivity index (χ4v) is 2.00. The molecule has 1 aliphatic rings. The lowest BCUT2D eigenvalue weighted by Crippen LogP contribution is -2.45. The zero-order valence-electron chi connectivity index (χ0n) is 9.27. The Kier molecular flexibility index (Phi) is 2.95. The molecule has 0 radical (unpaired) electrons. The minimum Gasteiger partial charge on any atom is -0.501 e. The van der Waals surface area contributed by atoms with E-state index in [0.29, 0.717) is 6.61 Å². The van der Waals surface area contributed by atoms with Crippen molar-refractivity contribution in [1.29, 1.82) is 0 Å². The van der Waals surface area contributed by atoms with Crippen molar-refractivity contribution in [1.82, 2.24) is 5.32 Å². The Morgan fingerprint density at radius 1 is 1.38 bits per heavy atom. The van der Waals surface area contributed by atoms with Crippen LogP contribution < -0.4 is 5.32 Å². The fraction of sp³-hybridized carbons (Fsp3) is 0.308. The lowest BCUT2D eigenvalue weighted by atomic mass is 9.86. The Morgan fingerprint density at radius 2 is 2.12 bits per heavy atom. The van der Waals surface area contributed by atoms with Crippen molar-refractivity contribution in [2.45, 2.75) is 18.9 Å². The van der Waals surface area contributed by atoms with E-state index >= 15 is 0 Å². The summed E-state index contributed by atoms with van der Waals surface area (Å²) >= 11 is 0. The smallest absolute Gasteiger partial charge is 0.217 e. The zero-order valence-corrected chi connectivity index (χ0v) is 9.27. The van der Waals surface area contributed by atoms with Crippen molar-refractivity contribution in [3.8, 4) is 0 Å². The minimum atomic E-state index is -0.411. The van der Waals surface area contributed by atoms with Crippen LogP contribution in [0.15, 0.2) is 42.7 Å². The first-order chi connectivity index (χ1) is 7.73. The van der Waals surface area contributed by atoms with Crippen LogP contribution in [0.3, 0.4) is 0 Å². The van der Waals surface area contributed by atoms with Crippen molar-refractivity contribution >= 4 is 5.91 Å². The van der Waals surface area contributed by atoms with Gasteiger partial charge in [0.2, 0.25) is 5.91 Å². The van der Waals surface area contributed by atoms with Crippen LogP contribution in [-0.2, 0) is 15.1 Å². The summed E-state index contributed by atoms with van der Waals surface area (Å²) < 4.78 is 5.20. The first-order valence-electron chi connectivity index (χ1n) is 5.36. The molecule has 2 rings (SSSR count). The molecule has 1 aromatic carbocycles. The first kappa shape index (κ1) is 10.7. The molecule has 1 unspecified atom stereocenters. The van der Waals surface area contributed by atoms with E-state index in [-0.39, 0.29) is 5.91 Å². The van der Waals surface area contributed by atoms with Gasteiger partial charge in [-0.05, 0) is 11.6 Å². The monoisotopic (exact) mass is 217 g/mol. The van der Waals surface area contributed by atoms with E-state index in [1.807, 2.05) is 36.4 Å². The second kappa shape index (κ2) is 4.39. The summed E-state index contributed by atoms with van der Waals surface area (Å²) in [7, 11) is 0. The molecule has 1 amide bonds. The largest absolute Gasteiger partial charge is 0.501 e. The van der Waals surface area contributed by atoms with Crippen molar-refractivity contribution in [2.24, 2.45) is 0 Å². The predicted octanol–water partition coefficient (Wildman–Crippen LogP) is 1.95. The van der Waals surface area contributed by atoms with Crippen LogP contribution in [0.2, 0.25) is 0 Å². The van der Waals surface area contributed by atoms with E-state index in [4.69, 9.17) is 4.74 Å². The van der Waals surface area contributed by atoms with Crippen molar-refractivity contribution in [2.75, 3.05) is 6.61 Å². The van der Waals surface area contributed by atoms with Crippen LogP contribution in [-0.4, -0.2) is 12.5 Å². The molecule has 0 bridgehead atoms. The van der Waals surface area contributed by atoms with Gasteiger partial charge in [0.15, 0.2) is 0 Å². The number of benzene rings is 1. The molecular weight excluding hydrogens is 202 g/mol. The number of hydrogen-bond acceptors (Lipinski definition) is 2. The Bertz CT molecular complexity index is 400. The highest BCUT2D eigenvalue weighted by atomic mass is 16.5. The second-order valence-corrected chi connectivity index (χ2v) is 3.94. The molecule has 1 aliphatic heterocycles. The minimum absolute atomic E-state index is 0.0320. The number of hydrogen-bond donors (Lipinski definition) is 1. The molecule has 0 saturated carbocycles. The van der Waals surface area contributed by atoms with Gasteiger partial charge in [0.1, 0.15) is 0 Å². The fourth-order valence-electron chi connectivity index (χ4n) is 2.00. The van der Waals surface area contributed by atoms with Crippen LogP contribution in [0.5, 0.6) is 0 Å². The highest BCUT2D eigenvalue weighted by Crippen LogP contribution is 2.29. The number of ether oxygens (including phenoxy) is 1. The molecule has 1 atom stereocenters. The van der Waals surface area contributed by atoms with E-state index in [2.05, 4.69) is 5.32 Å². The van der Waals surface area contributed by atoms with E-state index in [0.717, 1.165) is 12.0 Å². The third kappa shape index (κ3) is 2.08. The van der Waals surface area contributed by atoms with Crippen LogP contribution in [0.4, 0.5) is 0 Å². The normalized spacial score (nSPS) is 23.6. The van der Waals surface area contributed by atoms with Gasteiger partial charge in [-0.15, -0.1) is 0 Å². The van der Waals surface area contributed by atoms with Crippen LogP contribution in [0.25, 0.3) is 0 Å². The number of nitrogens with one attached hydrogen (secondary N) is 1. The molecular formula is C13H15NO2. The van der Waals surface area contributed by atoms with Gasteiger partial charge in [-0.3, -0.25) is 4.79 Å². The third-order valence-electron chi connectivity index (χ3n) is 2.75. The molecule has 0 fully saturated rings. The average molecular weight is 217 g/mol. The first-order valence-corrected chi connectivity index (χ1v) is 5.36. The maximum atomic E-state index is 11.3. The van der Waals surface area contributed by atoms with Gasteiger partial charge in [-0.2, -0.15) is 0 Å². The Hall–Kier alpha value is -1.77. The molecule has 0 saturated heterocycles. The molecule has 1 aromatic rings. The molecule has 1 heterocycles. The summed E-state index contributed by atoms with van der Waals surface area (Å²) in [5, 5.41) is 3.01. The number of amides is 1. The van der Waals surface area contributed by atoms with Gasteiger partial charge >= 0.3 is 0 Å². The lowest BCUT2D eigenvalue weighted by Gasteiger charge is -2.34. The SMILES string of the molecule is CC(=O)NC1(c2ccccc2)C=COCC1. The van der Waals surface area contributed by atoms with Crippen LogP contribution in [0.1, 0.15) is 18.9 Å². The van der Waals surface area contributed by atoms with Crippen molar-refractivity contribution < 1.29 is 9.53 Å². The quantitative estimate of drug-likeness (QED) is 0.822. The van der Waals surface area contributed by atoms with Gasteiger partial charge in [-0.25, -0.2) is 0 Å². The van der Waals surface area contributed by atoms with Crippen molar-refractivity contribution in [3.05, 3.63) is 48.2 Å². The Balaban J connectivity index is 2.38. The van der Waals surface area contributed by atoms with Gasteiger partial charge in [0, 0.05) is 13.3 Å². The molecule has 0 aromatic heterocycles. The Morgan fingerprint density at radius 3 is 2.69 bits per heavy atom. The topological polar surface area (TPSA) is 38.3 Å². The van der Waals surface area contributed by atoms with Crippen LogP contribution >= 0.6 is 0 Å². The summed E-state index contributed by atoms with van der Waals surface area (Å²) in [6.07, 6.45) is 4.33. The summed E-state index contributed by atoms with van der Waals surface area (Å²) in [6, 6.07) is 9.95. The highest BCUT2D eigenvalue weighted by molar-refractivity contribution is 5.74. The lowest BCUT2D eigenvalue weighted by molar-refractivity contribution is -0.120. The van der Waals surface area contributed by atoms with Crippen molar-refractivity contribution in [3.63, 3.8) is 0 Å². The summed E-state index contributed by atoms with van der Waals surface area (Å²) in [5.41, 5.74) is 0.676. The standard InChI is InChI=1S/C13H15NO2/c1-11(15)14-13(7-9-16-10-8-13)12-5-3-2-4-6-12/h2-7,9H,8,10H2,1H3,(H,14,15). The maximum Gasteiger partial charge on any atom is 0.217 e. The van der Waals surface area contributed by atoms with E-state index < -0.39 is 5.54 Å². The molecule has 1 N–H and O–H groups in total. The molecule has 3 heteroatoms. The van der Waals surface area contributed by atoms with Crippen LogP contribution in [0, 0.1) is 0 Å². The third-order valence-corrected chi connectivity index (χ3v) is 2.75. The number of carbonyl (C=O) groups is 1. The molecule has 84 valence electrons. The molecule has 3 nitrogen and oxygen atoms in total.